The molecule has 2 N–H and O–H groups in total. The van der Waals surface area contributed by atoms with Crippen LogP contribution >= 0.6 is 0 Å². The summed E-state index contributed by atoms with van der Waals surface area (Å²) < 4.78 is 0. The zero-order valence-corrected chi connectivity index (χ0v) is 20.8. The Morgan fingerprint density at radius 3 is 2.54 bits per heavy atom. The van der Waals surface area contributed by atoms with Gasteiger partial charge in [0.1, 0.15) is 5.69 Å². The fourth-order valence-corrected chi connectivity index (χ4v) is 5.28. The Hall–Kier alpha value is -3.26. The highest BCUT2D eigenvalue weighted by molar-refractivity contribution is 5.92. The van der Waals surface area contributed by atoms with E-state index >= 15 is 0 Å². The Labute approximate surface area is 205 Å². The van der Waals surface area contributed by atoms with Crippen LogP contribution < -0.4 is 15.8 Å². The summed E-state index contributed by atoms with van der Waals surface area (Å²) in [6, 6.07) is 8.00. The minimum Gasteiger partial charge on any atom is -0.368 e. The first-order valence-corrected chi connectivity index (χ1v) is 12.5. The number of amides is 1. The number of carbonyl (C=O) groups is 1. The molecule has 4 heterocycles. The first kappa shape index (κ1) is 23.5. The predicted molar refractivity (Wildman–Crippen MR) is 138 cm³/mol. The summed E-state index contributed by atoms with van der Waals surface area (Å²) in [4.78, 5) is 41.3. The number of piperazine rings is 1. The topological polar surface area (TPSA) is 94.2 Å². The van der Waals surface area contributed by atoms with E-state index < -0.39 is 0 Å². The molecule has 1 saturated carbocycles. The van der Waals surface area contributed by atoms with Crippen molar-refractivity contribution in [2.75, 3.05) is 31.1 Å². The number of hydrogen-bond donors (Lipinski definition) is 2. The summed E-state index contributed by atoms with van der Waals surface area (Å²) in [7, 11) is 0. The van der Waals surface area contributed by atoms with Crippen molar-refractivity contribution in [2.24, 2.45) is 5.41 Å². The molecule has 1 saturated heterocycles. The zero-order chi connectivity index (χ0) is 24.6. The number of H-pyrrole nitrogens is 1. The number of rotatable bonds is 6. The van der Waals surface area contributed by atoms with Gasteiger partial charge in [-0.05, 0) is 54.5 Å². The molecular weight excluding hydrogens is 440 g/mol. The maximum Gasteiger partial charge on any atom is 0.270 e. The van der Waals surface area contributed by atoms with Gasteiger partial charge in [0.2, 0.25) is 0 Å². The maximum absolute atomic E-state index is 12.5. The molecule has 1 aliphatic carbocycles. The molecule has 3 aromatic heterocycles. The lowest BCUT2D eigenvalue weighted by Crippen LogP contribution is -2.48. The van der Waals surface area contributed by atoms with Crippen LogP contribution in [0.4, 0.5) is 5.69 Å². The van der Waals surface area contributed by atoms with Gasteiger partial charge in [-0.1, -0.05) is 20.8 Å². The molecule has 8 heteroatoms. The van der Waals surface area contributed by atoms with Gasteiger partial charge in [0.25, 0.3) is 11.5 Å². The third-order valence-corrected chi connectivity index (χ3v) is 7.26. The number of carbonyl (C=O) groups excluding carboxylic acids is 1. The average molecular weight is 475 g/mol. The van der Waals surface area contributed by atoms with Gasteiger partial charge in [-0.2, -0.15) is 0 Å². The van der Waals surface area contributed by atoms with Crippen molar-refractivity contribution in [3.63, 3.8) is 0 Å². The minimum atomic E-state index is -0.0851. The molecule has 0 spiro atoms. The number of nitrogens with zero attached hydrogens (tertiary/aromatic N) is 4. The Bertz CT molecular complexity index is 1270. The standard InChI is InChI=1S/C27H34N6O2/c1-4-19-12-23-24(31-25(19)34)11-18(15-28-23)17-32-7-9-33(10-8-32)21-5-6-22(29-16-21)26(35)30-20-13-27(2,3)14-20/h5-6,11-12,15-16,20H,4,7-10,13-14,17H2,1-3H3,(H,30,35)(H,31,34). The van der Waals surface area contributed by atoms with Crippen molar-refractivity contribution in [1.82, 2.24) is 25.2 Å². The van der Waals surface area contributed by atoms with Crippen LogP contribution in [0.25, 0.3) is 11.0 Å². The first-order chi connectivity index (χ1) is 16.8. The van der Waals surface area contributed by atoms with Gasteiger partial charge in [0.15, 0.2) is 0 Å². The van der Waals surface area contributed by atoms with Crippen LogP contribution in [0.5, 0.6) is 0 Å². The van der Waals surface area contributed by atoms with E-state index in [2.05, 4.69) is 43.9 Å². The predicted octanol–water partition coefficient (Wildman–Crippen LogP) is 3.12. The lowest BCUT2D eigenvalue weighted by atomic mass is 9.68. The number of hydrogen-bond acceptors (Lipinski definition) is 6. The van der Waals surface area contributed by atoms with Gasteiger partial charge in [-0.25, -0.2) is 4.98 Å². The molecule has 0 atom stereocenters. The van der Waals surface area contributed by atoms with E-state index in [1.807, 2.05) is 43.6 Å². The molecule has 5 rings (SSSR count). The van der Waals surface area contributed by atoms with Gasteiger partial charge < -0.3 is 15.2 Å². The summed E-state index contributed by atoms with van der Waals surface area (Å²) in [5.41, 5.74) is 5.30. The van der Waals surface area contributed by atoms with Gasteiger partial charge in [0.05, 0.1) is 22.9 Å². The van der Waals surface area contributed by atoms with Gasteiger partial charge in [-0.3, -0.25) is 19.5 Å². The van der Waals surface area contributed by atoms with Gasteiger partial charge in [0, 0.05) is 50.5 Å². The van der Waals surface area contributed by atoms with Crippen molar-refractivity contribution in [2.45, 2.75) is 52.6 Å². The molecule has 2 fully saturated rings. The van der Waals surface area contributed by atoms with Crippen molar-refractivity contribution >= 4 is 22.6 Å². The van der Waals surface area contributed by atoms with Crippen molar-refractivity contribution in [1.29, 1.82) is 0 Å². The van der Waals surface area contributed by atoms with E-state index in [-0.39, 0.29) is 17.5 Å². The van der Waals surface area contributed by atoms with Crippen LogP contribution in [-0.2, 0) is 13.0 Å². The van der Waals surface area contributed by atoms with E-state index in [1.165, 1.54) is 0 Å². The summed E-state index contributed by atoms with van der Waals surface area (Å²) in [5, 5.41) is 3.09. The largest absolute Gasteiger partial charge is 0.368 e. The van der Waals surface area contributed by atoms with E-state index in [0.717, 1.165) is 73.4 Å². The summed E-state index contributed by atoms with van der Waals surface area (Å²) >= 11 is 0. The molecule has 0 radical (unpaired) electrons. The third kappa shape index (κ3) is 5.22. The number of aryl methyl sites for hydroxylation is 1. The number of fused-ring (bicyclic) bond motifs is 1. The monoisotopic (exact) mass is 474 g/mol. The van der Waals surface area contributed by atoms with Crippen LogP contribution in [0, 0.1) is 5.41 Å². The minimum absolute atomic E-state index is 0.0309. The highest BCUT2D eigenvalue weighted by Gasteiger charge is 2.37. The van der Waals surface area contributed by atoms with Crippen molar-refractivity contribution in [3.05, 3.63) is 63.8 Å². The number of pyridine rings is 3. The number of anilines is 1. The molecule has 0 aromatic carbocycles. The average Bonchev–Trinajstić information content (AvgIpc) is 2.83. The molecule has 2 aliphatic rings. The van der Waals surface area contributed by atoms with Crippen LogP contribution in [0.3, 0.4) is 0 Å². The van der Waals surface area contributed by atoms with E-state index in [1.54, 1.807) is 0 Å². The molecule has 0 unspecified atom stereocenters. The number of aromatic amines is 1. The van der Waals surface area contributed by atoms with Crippen LogP contribution in [-0.4, -0.2) is 58.0 Å². The second-order valence-corrected chi connectivity index (χ2v) is 10.7. The lowest BCUT2D eigenvalue weighted by Gasteiger charge is -2.42. The zero-order valence-electron chi connectivity index (χ0n) is 20.8. The highest BCUT2D eigenvalue weighted by Crippen LogP contribution is 2.39. The molecule has 35 heavy (non-hydrogen) atoms. The number of aromatic nitrogens is 3. The highest BCUT2D eigenvalue weighted by atomic mass is 16.2. The molecule has 1 amide bonds. The first-order valence-electron chi connectivity index (χ1n) is 12.5. The van der Waals surface area contributed by atoms with Crippen LogP contribution in [0.15, 0.2) is 41.5 Å². The maximum atomic E-state index is 12.5. The Morgan fingerprint density at radius 2 is 1.89 bits per heavy atom. The Morgan fingerprint density at radius 1 is 1.11 bits per heavy atom. The summed E-state index contributed by atoms with van der Waals surface area (Å²) in [5.74, 6) is -0.0851. The molecule has 184 valence electrons. The quantitative estimate of drug-likeness (QED) is 0.570. The molecule has 8 nitrogen and oxygen atoms in total. The van der Waals surface area contributed by atoms with Gasteiger partial charge >= 0.3 is 0 Å². The van der Waals surface area contributed by atoms with Gasteiger partial charge in [-0.15, -0.1) is 0 Å². The Kier molecular flexibility index (Phi) is 6.32. The van der Waals surface area contributed by atoms with Crippen molar-refractivity contribution < 1.29 is 4.79 Å². The van der Waals surface area contributed by atoms with E-state index in [4.69, 9.17) is 0 Å². The lowest BCUT2D eigenvalue weighted by molar-refractivity contribution is 0.0798. The molecule has 1 aliphatic heterocycles. The second kappa shape index (κ2) is 9.41. The van der Waals surface area contributed by atoms with Crippen molar-refractivity contribution in [3.8, 4) is 0 Å². The van der Waals surface area contributed by atoms with E-state index in [0.29, 0.717) is 17.5 Å². The summed E-state index contributed by atoms with van der Waals surface area (Å²) in [6.45, 7) is 10.8. The third-order valence-electron chi connectivity index (χ3n) is 7.26. The van der Waals surface area contributed by atoms with Crippen LogP contribution in [0.1, 0.15) is 55.2 Å². The smallest absolute Gasteiger partial charge is 0.270 e. The molecule has 3 aromatic rings. The molecule has 0 bridgehead atoms. The van der Waals surface area contributed by atoms with Crippen LogP contribution in [0.2, 0.25) is 0 Å². The SMILES string of the molecule is CCc1cc2ncc(CN3CCN(c4ccc(C(=O)NC5CC(C)(C)C5)nc4)CC3)cc2[nH]c1=O. The van der Waals surface area contributed by atoms with E-state index in [9.17, 15) is 9.59 Å². The number of nitrogens with one attached hydrogen (secondary N) is 2. The normalized spacial score (nSPS) is 18.4. The molecular formula is C27H34N6O2. The fourth-order valence-electron chi connectivity index (χ4n) is 5.28. The summed E-state index contributed by atoms with van der Waals surface area (Å²) in [6.07, 6.45) is 6.46. The Balaban J connectivity index is 1.15. The second-order valence-electron chi connectivity index (χ2n) is 10.7. The fraction of sp³-hybridized carbons (Fsp3) is 0.481.